The van der Waals surface area contributed by atoms with E-state index in [2.05, 4.69) is 13.8 Å². The van der Waals surface area contributed by atoms with Gasteiger partial charge in [0, 0.05) is 5.02 Å². The molecule has 1 aromatic carbocycles. The zero-order valence-corrected chi connectivity index (χ0v) is 12.6. The Morgan fingerprint density at radius 3 is 2.50 bits per heavy atom. The first-order valence-corrected chi connectivity index (χ1v) is 6.80. The summed E-state index contributed by atoms with van der Waals surface area (Å²) in [5, 5.41) is 10.7. The Balaban J connectivity index is 2.92. The molecule has 1 aromatic rings. The van der Waals surface area contributed by atoms with E-state index < -0.39 is 5.60 Å². The molecule has 3 heteroatoms. The Morgan fingerprint density at radius 1 is 1.39 bits per heavy atom. The molecular formula is C15H23ClO2. The summed E-state index contributed by atoms with van der Waals surface area (Å²) in [7, 11) is 0. The summed E-state index contributed by atoms with van der Waals surface area (Å²) < 4.78 is 5.73. The number of hydrogen-bond acceptors (Lipinski definition) is 2. The maximum atomic E-state index is 9.96. The molecular weight excluding hydrogens is 248 g/mol. The van der Waals surface area contributed by atoms with Gasteiger partial charge in [0.2, 0.25) is 0 Å². The van der Waals surface area contributed by atoms with Gasteiger partial charge in [0.15, 0.2) is 0 Å². The van der Waals surface area contributed by atoms with Crippen LogP contribution in [0.25, 0.3) is 0 Å². The van der Waals surface area contributed by atoms with Gasteiger partial charge in [-0.2, -0.15) is 0 Å². The molecule has 0 saturated carbocycles. The number of hydrogen-bond donors (Lipinski definition) is 1. The lowest BCUT2D eigenvalue weighted by molar-refractivity contribution is 0.00825. The van der Waals surface area contributed by atoms with Gasteiger partial charge in [0.05, 0.1) is 5.60 Å². The lowest BCUT2D eigenvalue weighted by Crippen LogP contribution is -2.31. The van der Waals surface area contributed by atoms with Crippen molar-refractivity contribution in [1.82, 2.24) is 0 Å². The number of halogens is 1. The first kappa shape index (κ1) is 15.3. The number of aryl methyl sites for hydroxylation is 1. The third-order valence-electron chi connectivity index (χ3n) is 3.22. The second kappa shape index (κ2) is 5.94. The van der Waals surface area contributed by atoms with E-state index in [-0.39, 0.29) is 0 Å². The van der Waals surface area contributed by atoms with E-state index in [1.807, 2.05) is 26.0 Å². The lowest BCUT2D eigenvalue weighted by Gasteiger charge is -2.23. The molecule has 1 unspecified atom stereocenters. The standard InChI is InChI=1S/C15H23ClO2/c1-6-15(5,17)9-18-14-8-12(10(2)3)13(16)7-11(14)4/h7-8,10,17H,6,9H2,1-5H3. The SMILES string of the molecule is CCC(C)(O)COc1cc(C(C)C)c(Cl)cc1C. The number of rotatable bonds is 5. The zero-order chi connectivity index (χ0) is 13.9. The van der Waals surface area contributed by atoms with Gasteiger partial charge in [-0.3, -0.25) is 0 Å². The summed E-state index contributed by atoms with van der Waals surface area (Å²) in [6, 6.07) is 3.90. The van der Waals surface area contributed by atoms with Crippen molar-refractivity contribution in [1.29, 1.82) is 0 Å². The minimum absolute atomic E-state index is 0.295. The van der Waals surface area contributed by atoms with Gasteiger partial charge < -0.3 is 9.84 Å². The van der Waals surface area contributed by atoms with Gasteiger partial charge >= 0.3 is 0 Å². The molecule has 1 rings (SSSR count). The third kappa shape index (κ3) is 3.89. The summed E-state index contributed by atoms with van der Waals surface area (Å²) in [5.74, 6) is 1.16. The van der Waals surface area contributed by atoms with Crippen molar-refractivity contribution in [3.63, 3.8) is 0 Å². The van der Waals surface area contributed by atoms with Gasteiger partial charge in [-0.25, -0.2) is 0 Å². The van der Waals surface area contributed by atoms with Crippen LogP contribution in [0.2, 0.25) is 5.02 Å². The summed E-state index contributed by atoms with van der Waals surface area (Å²) in [6.45, 7) is 10.2. The Hall–Kier alpha value is -0.730. The topological polar surface area (TPSA) is 29.5 Å². The number of ether oxygens (including phenoxy) is 1. The lowest BCUT2D eigenvalue weighted by atomic mass is 10.0. The van der Waals surface area contributed by atoms with Gasteiger partial charge in [-0.1, -0.05) is 32.4 Å². The molecule has 0 aliphatic carbocycles. The maximum absolute atomic E-state index is 9.96. The molecule has 102 valence electrons. The van der Waals surface area contributed by atoms with E-state index in [1.165, 1.54) is 0 Å². The maximum Gasteiger partial charge on any atom is 0.122 e. The molecule has 0 bridgehead atoms. The molecule has 0 fully saturated rings. The van der Waals surface area contributed by atoms with Gasteiger partial charge in [-0.05, 0) is 49.4 Å². The predicted molar refractivity (Wildman–Crippen MR) is 76.7 cm³/mol. The average molecular weight is 271 g/mol. The van der Waals surface area contributed by atoms with Crippen LogP contribution in [0.4, 0.5) is 0 Å². The summed E-state index contributed by atoms with van der Waals surface area (Å²) >= 11 is 6.21. The molecule has 0 heterocycles. The van der Waals surface area contributed by atoms with Crippen molar-refractivity contribution < 1.29 is 9.84 Å². The second-order valence-corrected chi connectivity index (χ2v) is 5.84. The summed E-state index contributed by atoms with van der Waals surface area (Å²) in [4.78, 5) is 0. The van der Waals surface area contributed by atoms with Crippen molar-refractivity contribution in [2.75, 3.05) is 6.61 Å². The quantitative estimate of drug-likeness (QED) is 0.864. The second-order valence-electron chi connectivity index (χ2n) is 5.43. The van der Waals surface area contributed by atoms with Crippen molar-refractivity contribution in [2.45, 2.75) is 52.6 Å². The third-order valence-corrected chi connectivity index (χ3v) is 3.54. The minimum Gasteiger partial charge on any atom is -0.490 e. The highest BCUT2D eigenvalue weighted by Crippen LogP contribution is 2.31. The Kier molecular flexibility index (Phi) is 5.06. The van der Waals surface area contributed by atoms with E-state index in [1.54, 1.807) is 6.92 Å². The van der Waals surface area contributed by atoms with Crippen LogP contribution < -0.4 is 4.74 Å². The highest BCUT2D eigenvalue weighted by atomic mass is 35.5. The zero-order valence-electron chi connectivity index (χ0n) is 11.9. The molecule has 1 N–H and O–H groups in total. The largest absolute Gasteiger partial charge is 0.490 e. The summed E-state index contributed by atoms with van der Waals surface area (Å²) in [5.41, 5.74) is 1.29. The fourth-order valence-corrected chi connectivity index (χ4v) is 2.04. The monoisotopic (exact) mass is 270 g/mol. The number of aliphatic hydroxyl groups is 1. The van der Waals surface area contributed by atoms with Crippen LogP contribution in [-0.4, -0.2) is 17.3 Å². The van der Waals surface area contributed by atoms with Crippen LogP contribution in [0.15, 0.2) is 12.1 Å². The van der Waals surface area contributed by atoms with Crippen LogP contribution in [-0.2, 0) is 0 Å². The normalized spacial score (nSPS) is 14.7. The minimum atomic E-state index is -0.788. The fourth-order valence-electron chi connectivity index (χ4n) is 1.60. The molecule has 0 spiro atoms. The molecule has 18 heavy (non-hydrogen) atoms. The van der Waals surface area contributed by atoms with E-state index in [0.717, 1.165) is 21.9 Å². The highest BCUT2D eigenvalue weighted by molar-refractivity contribution is 6.31. The molecule has 0 aliphatic rings. The highest BCUT2D eigenvalue weighted by Gasteiger charge is 2.19. The molecule has 0 aromatic heterocycles. The van der Waals surface area contributed by atoms with Crippen LogP contribution >= 0.6 is 11.6 Å². The van der Waals surface area contributed by atoms with Crippen molar-refractivity contribution in [3.8, 4) is 5.75 Å². The predicted octanol–water partition coefficient (Wildman–Crippen LogP) is 4.31. The van der Waals surface area contributed by atoms with E-state index in [4.69, 9.17) is 16.3 Å². The van der Waals surface area contributed by atoms with Gasteiger partial charge in [0.1, 0.15) is 12.4 Å². The van der Waals surface area contributed by atoms with Crippen molar-refractivity contribution in [2.24, 2.45) is 0 Å². The molecule has 0 saturated heterocycles. The Labute approximate surface area is 115 Å². The first-order chi connectivity index (χ1) is 8.26. The molecule has 0 aliphatic heterocycles. The molecule has 1 atom stereocenters. The van der Waals surface area contributed by atoms with E-state index in [0.29, 0.717) is 18.9 Å². The fraction of sp³-hybridized carbons (Fsp3) is 0.600. The molecule has 0 amide bonds. The number of benzene rings is 1. The van der Waals surface area contributed by atoms with Crippen LogP contribution in [0, 0.1) is 6.92 Å². The van der Waals surface area contributed by atoms with Crippen molar-refractivity contribution in [3.05, 3.63) is 28.3 Å². The van der Waals surface area contributed by atoms with Crippen LogP contribution in [0.5, 0.6) is 5.75 Å². The molecule has 2 nitrogen and oxygen atoms in total. The Morgan fingerprint density at radius 2 is 2.00 bits per heavy atom. The Bertz CT molecular complexity index is 411. The summed E-state index contributed by atoms with van der Waals surface area (Å²) in [6.07, 6.45) is 0.663. The van der Waals surface area contributed by atoms with E-state index in [9.17, 15) is 5.11 Å². The first-order valence-electron chi connectivity index (χ1n) is 6.42. The van der Waals surface area contributed by atoms with Crippen molar-refractivity contribution >= 4 is 11.6 Å². The van der Waals surface area contributed by atoms with Crippen LogP contribution in [0.1, 0.15) is 51.2 Å². The van der Waals surface area contributed by atoms with Gasteiger partial charge in [-0.15, -0.1) is 0 Å². The average Bonchev–Trinajstić information content (AvgIpc) is 2.27. The molecule has 0 radical (unpaired) electrons. The smallest absolute Gasteiger partial charge is 0.122 e. The van der Waals surface area contributed by atoms with E-state index >= 15 is 0 Å². The van der Waals surface area contributed by atoms with Crippen LogP contribution in [0.3, 0.4) is 0 Å². The van der Waals surface area contributed by atoms with Gasteiger partial charge in [0.25, 0.3) is 0 Å².